The second-order valence-electron chi connectivity index (χ2n) is 3.15. The van der Waals surface area contributed by atoms with Crippen LogP contribution in [-0.4, -0.2) is 4.33 Å². The molecule has 0 spiro atoms. The number of alkyl halides is 3. The van der Waals surface area contributed by atoms with Crippen LogP contribution in [0.1, 0.15) is 24.3 Å². The molecule has 1 rings (SSSR count). The van der Waals surface area contributed by atoms with Gasteiger partial charge in [0.15, 0.2) is 0 Å². The monoisotopic (exact) mass is 236 g/mol. The van der Waals surface area contributed by atoms with Crippen molar-refractivity contribution < 1.29 is 0 Å². The van der Waals surface area contributed by atoms with Crippen LogP contribution in [0.4, 0.5) is 0 Å². The SMILES string of the molecule is CC(Cl)(Cl)CC(Cl)c1ccccc1. The lowest BCUT2D eigenvalue weighted by molar-refractivity contribution is 0.727. The number of benzene rings is 1. The lowest BCUT2D eigenvalue weighted by Crippen LogP contribution is -2.09. The lowest BCUT2D eigenvalue weighted by Gasteiger charge is -2.17. The van der Waals surface area contributed by atoms with Crippen molar-refractivity contribution in [2.45, 2.75) is 23.1 Å². The van der Waals surface area contributed by atoms with Gasteiger partial charge in [-0.1, -0.05) is 30.3 Å². The van der Waals surface area contributed by atoms with Crippen LogP contribution in [0.5, 0.6) is 0 Å². The lowest BCUT2D eigenvalue weighted by atomic mass is 10.1. The fraction of sp³-hybridized carbons (Fsp3) is 0.400. The summed E-state index contributed by atoms with van der Waals surface area (Å²) in [5.74, 6) is 0. The van der Waals surface area contributed by atoms with Crippen LogP contribution in [0, 0.1) is 0 Å². The van der Waals surface area contributed by atoms with Crippen LogP contribution in [0.3, 0.4) is 0 Å². The van der Waals surface area contributed by atoms with E-state index in [0.29, 0.717) is 6.42 Å². The quantitative estimate of drug-likeness (QED) is 0.677. The number of rotatable bonds is 3. The molecule has 0 fully saturated rings. The van der Waals surface area contributed by atoms with Crippen molar-refractivity contribution in [2.75, 3.05) is 0 Å². The molecule has 0 aliphatic carbocycles. The van der Waals surface area contributed by atoms with Crippen molar-refractivity contribution in [3.05, 3.63) is 35.9 Å². The molecule has 72 valence electrons. The average Bonchev–Trinajstić information content (AvgIpc) is 2.03. The van der Waals surface area contributed by atoms with Gasteiger partial charge in [-0.15, -0.1) is 34.8 Å². The fourth-order valence-electron chi connectivity index (χ4n) is 1.09. The molecular weight excluding hydrogens is 226 g/mol. The van der Waals surface area contributed by atoms with Crippen LogP contribution >= 0.6 is 34.8 Å². The molecule has 0 aliphatic heterocycles. The maximum atomic E-state index is 6.12. The Bertz CT molecular complexity index is 251. The third-order valence-corrected chi connectivity index (χ3v) is 2.41. The molecule has 0 amide bonds. The van der Waals surface area contributed by atoms with E-state index in [0.717, 1.165) is 5.56 Å². The van der Waals surface area contributed by atoms with E-state index in [-0.39, 0.29) is 5.38 Å². The molecule has 0 nitrogen and oxygen atoms in total. The van der Waals surface area contributed by atoms with Gasteiger partial charge in [-0.25, -0.2) is 0 Å². The van der Waals surface area contributed by atoms with E-state index >= 15 is 0 Å². The summed E-state index contributed by atoms with van der Waals surface area (Å²) in [5.41, 5.74) is 1.05. The molecule has 1 aromatic rings. The number of hydrogen-bond donors (Lipinski definition) is 0. The smallest absolute Gasteiger partial charge is 0.117 e. The molecule has 0 saturated heterocycles. The summed E-state index contributed by atoms with van der Waals surface area (Å²) >= 11 is 17.8. The predicted octanol–water partition coefficient (Wildman–Crippen LogP) is 4.55. The Morgan fingerprint density at radius 2 is 1.77 bits per heavy atom. The Labute approximate surface area is 93.8 Å². The molecule has 1 atom stereocenters. The summed E-state index contributed by atoms with van der Waals surface area (Å²) in [7, 11) is 0. The third kappa shape index (κ3) is 4.21. The highest BCUT2D eigenvalue weighted by molar-refractivity contribution is 6.48. The molecular formula is C10H11Cl3. The van der Waals surface area contributed by atoms with Gasteiger partial charge in [0.1, 0.15) is 4.33 Å². The van der Waals surface area contributed by atoms with E-state index in [2.05, 4.69) is 0 Å². The average molecular weight is 238 g/mol. The van der Waals surface area contributed by atoms with E-state index in [1.165, 1.54) is 0 Å². The zero-order chi connectivity index (χ0) is 9.90. The molecule has 0 heterocycles. The van der Waals surface area contributed by atoms with E-state index in [4.69, 9.17) is 34.8 Å². The summed E-state index contributed by atoms with van der Waals surface area (Å²) in [6.07, 6.45) is 0.543. The predicted molar refractivity (Wildman–Crippen MR) is 59.8 cm³/mol. The summed E-state index contributed by atoms with van der Waals surface area (Å²) in [5, 5.41) is -0.124. The number of halogens is 3. The largest absolute Gasteiger partial charge is 0.118 e. The minimum atomic E-state index is -0.762. The standard InChI is InChI=1S/C10H11Cl3/c1-10(12,13)7-9(11)8-5-3-2-4-6-8/h2-6,9H,7H2,1H3. The van der Waals surface area contributed by atoms with Crippen molar-refractivity contribution in [3.8, 4) is 0 Å². The topological polar surface area (TPSA) is 0 Å². The van der Waals surface area contributed by atoms with Crippen molar-refractivity contribution in [1.82, 2.24) is 0 Å². The zero-order valence-corrected chi connectivity index (χ0v) is 9.57. The van der Waals surface area contributed by atoms with Gasteiger partial charge in [-0.2, -0.15) is 0 Å². The summed E-state index contributed by atoms with van der Waals surface area (Å²) in [6.45, 7) is 1.74. The second-order valence-corrected chi connectivity index (χ2v) is 5.54. The van der Waals surface area contributed by atoms with Crippen LogP contribution < -0.4 is 0 Å². The highest BCUT2D eigenvalue weighted by Crippen LogP contribution is 2.35. The summed E-state index contributed by atoms with van der Waals surface area (Å²) < 4.78 is -0.762. The van der Waals surface area contributed by atoms with Crippen molar-refractivity contribution in [1.29, 1.82) is 0 Å². The molecule has 3 heteroatoms. The molecule has 1 aromatic carbocycles. The van der Waals surface area contributed by atoms with Crippen molar-refractivity contribution >= 4 is 34.8 Å². The zero-order valence-electron chi connectivity index (χ0n) is 7.31. The van der Waals surface area contributed by atoms with Gasteiger partial charge >= 0.3 is 0 Å². The Morgan fingerprint density at radius 1 is 1.23 bits per heavy atom. The van der Waals surface area contributed by atoms with E-state index in [9.17, 15) is 0 Å². The molecule has 0 aromatic heterocycles. The summed E-state index contributed by atoms with van der Waals surface area (Å²) in [6, 6.07) is 9.79. The molecule has 0 saturated carbocycles. The Balaban J connectivity index is 2.64. The second kappa shape index (κ2) is 4.54. The van der Waals surface area contributed by atoms with E-state index in [1.807, 2.05) is 30.3 Å². The number of hydrogen-bond acceptors (Lipinski definition) is 0. The van der Waals surface area contributed by atoms with Gasteiger partial charge in [0.2, 0.25) is 0 Å². The highest BCUT2D eigenvalue weighted by atomic mass is 35.5. The Kier molecular flexibility index (Phi) is 3.90. The minimum absolute atomic E-state index is 0.124. The third-order valence-electron chi connectivity index (χ3n) is 1.70. The van der Waals surface area contributed by atoms with Gasteiger partial charge in [0.05, 0.1) is 5.38 Å². The Morgan fingerprint density at radius 3 is 2.23 bits per heavy atom. The fourth-order valence-corrected chi connectivity index (χ4v) is 2.02. The van der Waals surface area contributed by atoms with Crippen LogP contribution in [0.15, 0.2) is 30.3 Å². The molecule has 1 unspecified atom stereocenters. The first kappa shape index (κ1) is 11.2. The van der Waals surface area contributed by atoms with Crippen LogP contribution in [-0.2, 0) is 0 Å². The minimum Gasteiger partial charge on any atom is -0.118 e. The van der Waals surface area contributed by atoms with Gasteiger partial charge in [0.25, 0.3) is 0 Å². The summed E-state index contributed by atoms with van der Waals surface area (Å²) in [4.78, 5) is 0. The van der Waals surface area contributed by atoms with Crippen molar-refractivity contribution in [2.24, 2.45) is 0 Å². The molecule has 0 radical (unpaired) electrons. The maximum Gasteiger partial charge on any atom is 0.117 e. The molecule has 0 N–H and O–H groups in total. The first-order valence-electron chi connectivity index (χ1n) is 4.06. The Hall–Kier alpha value is 0.0900. The van der Waals surface area contributed by atoms with Gasteiger partial charge in [-0.05, 0) is 12.5 Å². The first-order chi connectivity index (χ1) is 5.99. The van der Waals surface area contributed by atoms with Gasteiger partial charge < -0.3 is 0 Å². The van der Waals surface area contributed by atoms with E-state index in [1.54, 1.807) is 6.92 Å². The maximum absolute atomic E-state index is 6.12. The first-order valence-corrected chi connectivity index (χ1v) is 5.25. The van der Waals surface area contributed by atoms with E-state index < -0.39 is 4.33 Å². The van der Waals surface area contributed by atoms with Crippen LogP contribution in [0.25, 0.3) is 0 Å². The normalized spacial score (nSPS) is 14.2. The molecule has 13 heavy (non-hydrogen) atoms. The van der Waals surface area contributed by atoms with Crippen molar-refractivity contribution in [3.63, 3.8) is 0 Å². The molecule has 0 bridgehead atoms. The highest BCUT2D eigenvalue weighted by Gasteiger charge is 2.22. The molecule has 0 aliphatic rings. The van der Waals surface area contributed by atoms with Gasteiger partial charge in [0, 0.05) is 6.42 Å². The van der Waals surface area contributed by atoms with Crippen LogP contribution in [0.2, 0.25) is 0 Å². The van der Waals surface area contributed by atoms with Gasteiger partial charge in [-0.3, -0.25) is 0 Å².